The Morgan fingerprint density at radius 3 is 1.00 bits per heavy atom. The Morgan fingerprint density at radius 1 is 0.396 bits per heavy atom. The first-order valence-corrected chi connectivity index (χ1v) is 15.0. The van der Waals surface area contributed by atoms with Crippen LogP contribution >= 0.6 is 0 Å². The minimum absolute atomic E-state index is 0.0101. The van der Waals surface area contributed by atoms with Gasteiger partial charge in [0.15, 0.2) is 17.5 Å². The highest BCUT2D eigenvalue weighted by Crippen LogP contribution is 2.26. The Labute approximate surface area is 276 Å². The predicted molar refractivity (Wildman–Crippen MR) is 181 cm³/mol. The molecular formula is C39H28N6O3. The average Bonchev–Trinajstić information content (AvgIpc) is 3.14. The van der Waals surface area contributed by atoms with Crippen LogP contribution in [0.25, 0.3) is 11.1 Å². The summed E-state index contributed by atoms with van der Waals surface area (Å²) in [5.74, 6) is -1.77. The van der Waals surface area contributed by atoms with Crippen molar-refractivity contribution in [2.45, 2.75) is 13.8 Å². The summed E-state index contributed by atoms with van der Waals surface area (Å²) in [6.07, 6.45) is 0. The Kier molecular flexibility index (Phi) is 9.02. The first-order chi connectivity index (χ1) is 23.3. The maximum absolute atomic E-state index is 13.7. The van der Waals surface area contributed by atoms with Crippen molar-refractivity contribution in [2.75, 3.05) is 0 Å². The summed E-state index contributed by atoms with van der Waals surface area (Å²) in [6.45, 7) is 7.81. The number of allylic oxidation sites excluding steroid dienone is 1. The Morgan fingerprint density at radius 2 is 0.667 bits per heavy atom. The molecule has 0 N–H and O–H groups in total. The zero-order valence-corrected chi connectivity index (χ0v) is 26.2. The lowest BCUT2D eigenvalue weighted by atomic mass is 10.1. The summed E-state index contributed by atoms with van der Waals surface area (Å²) >= 11 is 0. The maximum atomic E-state index is 13.7. The molecule has 6 rings (SSSR count). The van der Waals surface area contributed by atoms with E-state index in [9.17, 15) is 14.4 Å². The molecule has 0 atom stereocenters. The minimum Gasteiger partial charge on any atom is -0.285 e. The van der Waals surface area contributed by atoms with Crippen LogP contribution in [0.15, 0.2) is 133 Å². The van der Waals surface area contributed by atoms with Gasteiger partial charge in [0.25, 0.3) is 0 Å². The van der Waals surface area contributed by atoms with Crippen LogP contribution in [0.4, 0.5) is 0 Å². The molecule has 0 saturated heterocycles. The highest BCUT2D eigenvalue weighted by atomic mass is 16.1. The summed E-state index contributed by atoms with van der Waals surface area (Å²) in [5, 5.41) is 0. The quantitative estimate of drug-likeness (QED) is 0.153. The largest absolute Gasteiger partial charge is 0.285 e. The van der Waals surface area contributed by atoms with Crippen LogP contribution in [0, 0.1) is 0 Å². The Bertz CT molecular complexity index is 1910. The van der Waals surface area contributed by atoms with Gasteiger partial charge in [-0.2, -0.15) is 0 Å². The standard InChI is InChI=1S/C39H28N6O3/c1-24(2)30(35-40-34(25(3)26-16-8-4-9-17-26)41-37(42-35)31(46)27-18-10-5-11-19-27)36-43-38(32(47)28-20-12-6-13-21-28)45-39(44-36)33(48)29-22-14-7-15-23-29/h4-23H,3H2,1-2H3. The van der Waals surface area contributed by atoms with Gasteiger partial charge in [0.05, 0.1) is 5.57 Å². The van der Waals surface area contributed by atoms with Crippen LogP contribution < -0.4 is 0 Å². The summed E-state index contributed by atoms with van der Waals surface area (Å²) in [7, 11) is 0. The number of rotatable bonds is 10. The SMILES string of the molecule is C=C(c1ccccc1)c1nc(C(=O)c2ccccc2)nc(C(=C(C)C)c2nc(C(=O)c3ccccc3)nc(C(=O)c3ccccc3)n2)n1. The van der Waals surface area contributed by atoms with Gasteiger partial charge in [0.2, 0.25) is 34.8 Å². The third-order valence-corrected chi connectivity index (χ3v) is 7.33. The second-order valence-electron chi connectivity index (χ2n) is 10.9. The first-order valence-electron chi connectivity index (χ1n) is 15.0. The smallest absolute Gasteiger partial charge is 0.230 e. The number of ketones is 3. The molecule has 0 unspecified atom stereocenters. The Hall–Kier alpha value is -6.61. The van der Waals surface area contributed by atoms with Crippen LogP contribution in [0.1, 0.15) is 85.4 Å². The second kappa shape index (κ2) is 13.8. The number of carbonyl (C=O) groups is 3. The highest BCUT2D eigenvalue weighted by Gasteiger charge is 2.26. The maximum Gasteiger partial charge on any atom is 0.230 e. The van der Waals surface area contributed by atoms with Crippen molar-refractivity contribution in [3.05, 3.63) is 191 Å². The van der Waals surface area contributed by atoms with Crippen LogP contribution in [0.3, 0.4) is 0 Å². The summed E-state index contributed by atoms with van der Waals surface area (Å²) in [5.41, 5.74) is 3.22. The molecule has 0 aliphatic heterocycles. The monoisotopic (exact) mass is 628 g/mol. The molecule has 9 heteroatoms. The fraction of sp³-hybridized carbons (Fsp3) is 0.0513. The van der Waals surface area contributed by atoms with Gasteiger partial charge < -0.3 is 0 Å². The Balaban J connectivity index is 1.56. The fourth-order valence-corrected chi connectivity index (χ4v) is 4.89. The van der Waals surface area contributed by atoms with Crippen molar-refractivity contribution in [2.24, 2.45) is 0 Å². The number of benzene rings is 4. The lowest BCUT2D eigenvalue weighted by Crippen LogP contribution is -2.19. The normalized spacial score (nSPS) is 10.6. The fourth-order valence-electron chi connectivity index (χ4n) is 4.89. The van der Waals surface area contributed by atoms with Gasteiger partial charge in [0, 0.05) is 22.3 Å². The molecule has 0 bridgehead atoms. The van der Waals surface area contributed by atoms with Gasteiger partial charge in [-0.15, -0.1) is 0 Å². The second-order valence-corrected chi connectivity index (χ2v) is 10.9. The van der Waals surface area contributed by atoms with E-state index >= 15 is 0 Å². The van der Waals surface area contributed by atoms with Gasteiger partial charge in [-0.3, -0.25) is 14.4 Å². The molecule has 48 heavy (non-hydrogen) atoms. The van der Waals surface area contributed by atoms with Gasteiger partial charge in [-0.1, -0.05) is 133 Å². The highest BCUT2D eigenvalue weighted by molar-refractivity contribution is 6.10. The van der Waals surface area contributed by atoms with Crippen LogP contribution in [-0.2, 0) is 0 Å². The molecule has 2 aromatic heterocycles. The zero-order chi connectivity index (χ0) is 33.6. The summed E-state index contributed by atoms with van der Waals surface area (Å²) in [4.78, 5) is 68.4. The van der Waals surface area contributed by atoms with E-state index in [4.69, 9.17) is 4.98 Å². The predicted octanol–water partition coefficient (Wildman–Crippen LogP) is 6.65. The molecule has 0 fully saturated rings. The zero-order valence-electron chi connectivity index (χ0n) is 26.2. The van der Waals surface area contributed by atoms with E-state index in [-0.39, 0.29) is 34.9 Å². The minimum atomic E-state index is -0.497. The topological polar surface area (TPSA) is 129 Å². The molecule has 6 aromatic rings. The van der Waals surface area contributed by atoms with E-state index in [1.165, 1.54) is 0 Å². The molecule has 0 aliphatic carbocycles. The average molecular weight is 629 g/mol. The summed E-state index contributed by atoms with van der Waals surface area (Å²) < 4.78 is 0. The number of nitrogens with zero attached hydrogens (tertiary/aromatic N) is 6. The van der Waals surface area contributed by atoms with E-state index in [0.29, 0.717) is 33.4 Å². The van der Waals surface area contributed by atoms with Crippen LogP contribution in [-0.4, -0.2) is 47.3 Å². The third-order valence-electron chi connectivity index (χ3n) is 7.33. The lowest BCUT2D eigenvalue weighted by molar-refractivity contribution is 0.101. The van der Waals surface area contributed by atoms with E-state index < -0.39 is 17.3 Å². The molecule has 0 spiro atoms. The molecule has 0 saturated carbocycles. The van der Waals surface area contributed by atoms with Crippen LogP contribution in [0.2, 0.25) is 0 Å². The van der Waals surface area contributed by atoms with Crippen molar-refractivity contribution < 1.29 is 14.4 Å². The van der Waals surface area contributed by atoms with Crippen molar-refractivity contribution in [3.8, 4) is 0 Å². The van der Waals surface area contributed by atoms with E-state index in [1.807, 2.05) is 36.4 Å². The van der Waals surface area contributed by atoms with Crippen molar-refractivity contribution >= 4 is 28.5 Å². The van der Waals surface area contributed by atoms with Crippen molar-refractivity contribution in [3.63, 3.8) is 0 Å². The molecule has 9 nitrogen and oxygen atoms in total. The van der Waals surface area contributed by atoms with E-state index in [1.54, 1.807) is 98.8 Å². The summed E-state index contributed by atoms with van der Waals surface area (Å²) in [6, 6.07) is 35.0. The lowest BCUT2D eigenvalue weighted by Gasteiger charge is -2.13. The van der Waals surface area contributed by atoms with Crippen LogP contribution in [0.5, 0.6) is 0 Å². The van der Waals surface area contributed by atoms with E-state index in [0.717, 1.165) is 5.56 Å². The van der Waals surface area contributed by atoms with Gasteiger partial charge >= 0.3 is 0 Å². The van der Waals surface area contributed by atoms with Gasteiger partial charge in [-0.25, -0.2) is 29.9 Å². The van der Waals surface area contributed by atoms with E-state index in [2.05, 4.69) is 31.5 Å². The van der Waals surface area contributed by atoms with Crippen molar-refractivity contribution in [1.29, 1.82) is 0 Å². The molecule has 0 radical (unpaired) electrons. The van der Waals surface area contributed by atoms with Gasteiger partial charge in [-0.05, 0) is 19.4 Å². The first kappa shape index (κ1) is 31.4. The number of aromatic nitrogens is 6. The molecular weight excluding hydrogens is 600 g/mol. The third kappa shape index (κ3) is 6.66. The molecule has 0 aliphatic rings. The molecule has 4 aromatic carbocycles. The van der Waals surface area contributed by atoms with Crippen molar-refractivity contribution in [1.82, 2.24) is 29.9 Å². The molecule has 232 valence electrons. The number of hydrogen-bond donors (Lipinski definition) is 0. The number of hydrogen-bond acceptors (Lipinski definition) is 9. The molecule has 0 amide bonds. The van der Waals surface area contributed by atoms with Gasteiger partial charge in [0.1, 0.15) is 0 Å². The molecule has 2 heterocycles. The number of carbonyl (C=O) groups excluding carboxylic acids is 3.